The molecule has 0 unspecified atom stereocenters. The molecule has 0 fully saturated rings. The minimum absolute atomic E-state index is 0.00907. The Labute approximate surface area is 150 Å². The Hall–Kier alpha value is -1.38. The van der Waals surface area contributed by atoms with Crippen molar-refractivity contribution >= 4 is 34.1 Å². The van der Waals surface area contributed by atoms with Crippen LogP contribution in [0, 0.1) is 13.8 Å². The number of likely N-dealkylation sites (N-methyl/N-ethyl adjacent to an activating group) is 1. The van der Waals surface area contributed by atoms with Gasteiger partial charge in [0.25, 0.3) is 0 Å². The van der Waals surface area contributed by atoms with Crippen LogP contribution in [-0.4, -0.2) is 39.8 Å². The van der Waals surface area contributed by atoms with Crippen molar-refractivity contribution in [2.75, 3.05) is 24.2 Å². The number of carbonyl (C=O) groups excluding carboxylic acids is 1. The fraction of sp³-hybridized carbons (Fsp3) is 0.562. The fourth-order valence-corrected chi connectivity index (χ4v) is 4.72. The summed E-state index contributed by atoms with van der Waals surface area (Å²) in [6, 6.07) is 0. The largest absolute Gasteiger partial charge is 0.361 e. The number of thioether (sulfide) groups is 1. The fourth-order valence-electron chi connectivity index (χ4n) is 2.68. The van der Waals surface area contributed by atoms with Crippen LogP contribution in [-0.2, 0) is 23.5 Å². The molecule has 1 aliphatic heterocycles. The molecule has 0 aromatic carbocycles. The van der Waals surface area contributed by atoms with E-state index in [4.69, 9.17) is 4.52 Å². The van der Waals surface area contributed by atoms with Crippen LogP contribution in [0.25, 0.3) is 0 Å². The summed E-state index contributed by atoms with van der Waals surface area (Å²) in [5.41, 5.74) is 3.12. The number of hydrogen-bond donors (Lipinski definition) is 1. The van der Waals surface area contributed by atoms with Crippen molar-refractivity contribution < 1.29 is 9.32 Å². The second kappa shape index (κ2) is 7.67. The molecule has 3 heterocycles. The lowest BCUT2D eigenvalue weighted by Gasteiger charge is -2.23. The molecule has 0 spiro atoms. The first-order chi connectivity index (χ1) is 11.6. The van der Waals surface area contributed by atoms with Crippen molar-refractivity contribution in [3.63, 3.8) is 0 Å². The molecule has 1 aliphatic rings. The molecule has 0 bridgehead atoms. The molecule has 2 aromatic heterocycles. The van der Waals surface area contributed by atoms with E-state index in [0.29, 0.717) is 5.75 Å². The van der Waals surface area contributed by atoms with E-state index in [0.717, 1.165) is 59.7 Å². The van der Waals surface area contributed by atoms with Gasteiger partial charge in [0.15, 0.2) is 5.13 Å². The molecule has 0 saturated heterocycles. The zero-order valence-electron chi connectivity index (χ0n) is 14.2. The Morgan fingerprint density at radius 3 is 3.00 bits per heavy atom. The highest BCUT2D eigenvalue weighted by Crippen LogP contribution is 2.28. The van der Waals surface area contributed by atoms with Crippen molar-refractivity contribution in [1.82, 2.24) is 15.0 Å². The molecule has 8 heteroatoms. The molecule has 0 radical (unpaired) electrons. The second-order valence-corrected chi connectivity index (χ2v) is 7.92. The number of nitrogens with zero attached hydrogens (tertiary/aromatic N) is 3. The number of aromatic nitrogens is 2. The van der Waals surface area contributed by atoms with Crippen molar-refractivity contribution in [2.24, 2.45) is 0 Å². The van der Waals surface area contributed by atoms with Gasteiger partial charge in [-0.05, 0) is 20.4 Å². The molecule has 130 valence electrons. The summed E-state index contributed by atoms with van der Waals surface area (Å²) in [4.78, 5) is 20.4. The van der Waals surface area contributed by atoms with Gasteiger partial charge in [0.1, 0.15) is 5.76 Å². The molecular formula is C16H22N4O2S2. The quantitative estimate of drug-likeness (QED) is 0.847. The van der Waals surface area contributed by atoms with E-state index >= 15 is 0 Å². The lowest BCUT2D eigenvalue weighted by Crippen LogP contribution is -2.29. The zero-order chi connectivity index (χ0) is 17.1. The average molecular weight is 367 g/mol. The van der Waals surface area contributed by atoms with Crippen LogP contribution in [0.1, 0.15) is 34.5 Å². The molecule has 3 rings (SSSR count). The van der Waals surface area contributed by atoms with Crippen molar-refractivity contribution in [3.8, 4) is 0 Å². The standard InChI is InChI=1S/C16H22N4O2S2/c1-4-20-6-5-13-14(7-20)24-16(17-13)18-15(21)9-23-8-12-10(2)19-22-11(12)3/h4-9H2,1-3H3,(H,17,18,21). The van der Waals surface area contributed by atoms with Crippen LogP contribution >= 0.6 is 23.1 Å². The molecule has 1 N–H and O–H groups in total. The molecule has 0 aliphatic carbocycles. The van der Waals surface area contributed by atoms with Gasteiger partial charge in [-0.1, -0.05) is 12.1 Å². The maximum atomic E-state index is 12.1. The Morgan fingerprint density at radius 2 is 2.29 bits per heavy atom. The number of anilines is 1. The van der Waals surface area contributed by atoms with Crippen LogP contribution < -0.4 is 5.32 Å². The summed E-state index contributed by atoms with van der Waals surface area (Å²) in [6.07, 6.45) is 0.969. The van der Waals surface area contributed by atoms with E-state index in [-0.39, 0.29) is 5.91 Å². The van der Waals surface area contributed by atoms with Crippen LogP contribution in [0.5, 0.6) is 0 Å². The van der Waals surface area contributed by atoms with Crippen molar-refractivity contribution in [2.45, 2.75) is 39.5 Å². The predicted octanol–water partition coefficient (Wildman–Crippen LogP) is 3.00. The number of carbonyl (C=O) groups is 1. The number of nitrogens with one attached hydrogen (secondary N) is 1. The summed E-state index contributed by atoms with van der Waals surface area (Å²) in [7, 11) is 0. The third-order valence-corrected chi connectivity index (χ3v) is 6.12. The summed E-state index contributed by atoms with van der Waals surface area (Å²) in [6.45, 7) is 9.04. The number of thiazole rings is 1. The van der Waals surface area contributed by atoms with Gasteiger partial charge in [-0.3, -0.25) is 9.69 Å². The van der Waals surface area contributed by atoms with E-state index in [1.807, 2.05) is 13.8 Å². The number of aryl methyl sites for hydroxylation is 2. The van der Waals surface area contributed by atoms with Crippen LogP contribution in [0.15, 0.2) is 4.52 Å². The summed E-state index contributed by atoms with van der Waals surface area (Å²) >= 11 is 3.16. The van der Waals surface area contributed by atoms with Crippen LogP contribution in [0.2, 0.25) is 0 Å². The number of rotatable bonds is 6. The van der Waals surface area contributed by atoms with Gasteiger partial charge in [0.05, 0.1) is 17.1 Å². The lowest BCUT2D eigenvalue weighted by molar-refractivity contribution is -0.113. The van der Waals surface area contributed by atoms with Gasteiger partial charge in [-0.2, -0.15) is 0 Å². The first-order valence-electron chi connectivity index (χ1n) is 8.07. The second-order valence-electron chi connectivity index (χ2n) is 5.85. The zero-order valence-corrected chi connectivity index (χ0v) is 15.9. The Balaban J connectivity index is 1.50. The van der Waals surface area contributed by atoms with Gasteiger partial charge in [0, 0.05) is 35.7 Å². The first-order valence-corrected chi connectivity index (χ1v) is 10.0. The van der Waals surface area contributed by atoms with E-state index in [1.54, 1.807) is 23.1 Å². The van der Waals surface area contributed by atoms with E-state index in [1.165, 1.54) is 4.88 Å². The molecular weight excluding hydrogens is 344 g/mol. The minimum atomic E-state index is -0.00907. The molecule has 6 nitrogen and oxygen atoms in total. The van der Waals surface area contributed by atoms with Crippen LogP contribution in [0.4, 0.5) is 5.13 Å². The Kier molecular flexibility index (Phi) is 5.57. The van der Waals surface area contributed by atoms with Gasteiger partial charge in [-0.25, -0.2) is 4.98 Å². The minimum Gasteiger partial charge on any atom is -0.361 e. The number of amides is 1. The highest BCUT2D eigenvalue weighted by Gasteiger charge is 2.20. The van der Waals surface area contributed by atoms with Crippen LogP contribution in [0.3, 0.4) is 0 Å². The average Bonchev–Trinajstić information content (AvgIpc) is 3.10. The lowest BCUT2D eigenvalue weighted by atomic mass is 10.2. The maximum absolute atomic E-state index is 12.1. The smallest absolute Gasteiger partial charge is 0.236 e. The van der Waals surface area contributed by atoms with Crippen molar-refractivity contribution in [3.05, 3.63) is 27.6 Å². The Bertz CT molecular complexity index is 706. The molecule has 0 atom stereocenters. The summed E-state index contributed by atoms with van der Waals surface area (Å²) in [5.74, 6) is 1.95. The highest BCUT2D eigenvalue weighted by atomic mass is 32.2. The SMILES string of the molecule is CCN1CCc2nc(NC(=O)CSCc3c(C)noc3C)sc2C1. The van der Waals surface area contributed by atoms with E-state index in [9.17, 15) is 4.79 Å². The number of hydrogen-bond acceptors (Lipinski definition) is 7. The third kappa shape index (κ3) is 3.99. The van der Waals surface area contributed by atoms with E-state index < -0.39 is 0 Å². The van der Waals surface area contributed by atoms with Gasteiger partial charge < -0.3 is 9.84 Å². The molecule has 2 aromatic rings. The monoisotopic (exact) mass is 366 g/mol. The molecule has 24 heavy (non-hydrogen) atoms. The van der Waals surface area contributed by atoms with Crippen molar-refractivity contribution in [1.29, 1.82) is 0 Å². The van der Waals surface area contributed by atoms with Gasteiger partial charge in [0.2, 0.25) is 5.91 Å². The highest BCUT2D eigenvalue weighted by molar-refractivity contribution is 7.99. The number of fused-ring (bicyclic) bond motifs is 1. The summed E-state index contributed by atoms with van der Waals surface area (Å²) in [5, 5.41) is 7.59. The maximum Gasteiger partial charge on any atom is 0.236 e. The molecule has 1 amide bonds. The van der Waals surface area contributed by atoms with Gasteiger partial charge >= 0.3 is 0 Å². The molecule has 0 saturated carbocycles. The third-order valence-electron chi connectivity index (χ3n) is 4.16. The van der Waals surface area contributed by atoms with Gasteiger partial charge in [-0.15, -0.1) is 23.1 Å². The summed E-state index contributed by atoms with van der Waals surface area (Å²) < 4.78 is 5.14. The van der Waals surface area contributed by atoms with E-state index in [2.05, 4.69) is 27.3 Å². The topological polar surface area (TPSA) is 71.3 Å². The Morgan fingerprint density at radius 1 is 1.46 bits per heavy atom. The predicted molar refractivity (Wildman–Crippen MR) is 97.5 cm³/mol. The normalized spacial score (nSPS) is 14.6. The first kappa shape index (κ1) is 17.4.